The molecule has 2 aliphatic heterocycles. The maximum absolute atomic E-state index is 2.63. The van der Waals surface area contributed by atoms with Crippen LogP contribution in [0.4, 0.5) is 51.2 Å². The molecule has 0 N–H and O–H groups in total. The summed E-state index contributed by atoms with van der Waals surface area (Å²) in [5.41, 5.74) is 29.2. The van der Waals surface area contributed by atoms with E-state index in [-0.39, 0.29) is 33.8 Å². The minimum atomic E-state index is -0.167. The number of hydrogen-bond acceptors (Lipinski definition) is 3. The van der Waals surface area contributed by atoms with Crippen molar-refractivity contribution < 1.29 is 0 Å². The van der Waals surface area contributed by atoms with E-state index in [0.717, 1.165) is 11.4 Å². The highest BCUT2D eigenvalue weighted by molar-refractivity contribution is 7.00. The molecule has 0 radical (unpaired) electrons. The van der Waals surface area contributed by atoms with Crippen molar-refractivity contribution in [2.24, 2.45) is 0 Å². The summed E-state index contributed by atoms with van der Waals surface area (Å²) in [6.07, 6.45) is 0. The largest absolute Gasteiger partial charge is 0.311 e. The van der Waals surface area contributed by atoms with E-state index in [9.17, 15) is 0 Å². The predicted octanol–water partition coefficient (Wildman–Crippen LogP) is 17.7. The molecule has 8 aromatic carbocycles. The van der Waals surface area contributed by atoms with Crippen molar-refractivity contribution in [2.75, 3.05) is 14.7 Å². The first-order valence-corrected chi connectivity index (χ1v) is 27.1. The molecule has 0 bridgehead atoms. The van der Waals surface area contributed by atoms with Gasteiger partial charge in [-0.1, -0.05) is 182 Å². The number of rotatable bonds is 5. The van der Waals surface area contributed by atoms with Gasteiger partial charge in [-0.15, -0.1) is 0 Å². The summed E-state index contributed by atoms with van der Waals surface area (Å²) in [7, 11) is 0. The van der Waals surface area contributed by atoms with Crippen LogP contribution in [-0.2, 0) is 27.1 Å². The minimum absolute atomic E-state index is 0.0182. The molecule has 3 nitrogen and oxygen atoms in total. The lowest BCUT2D eigenvalue weighted by atomic mass is 9.33. The van der Waals surface area contributed by atoms with Crippen molar-refractivity contribution in [3.05, 3.63) is 202 Å². The quantitative estimate of drug-likeness (QED) is 0.159. The summed E-state index contributed by atoms with van der Waals surface area (Å²) >= 11 is 0. The number of anilines is 9. The second-order valence-corrected chi connectivity index (χ2v) is 26.6. The number of fused-ring (bicyclic) bond motifs is 7. The maximum atomic E-state index is 2.63. The van der Waals surface area contributed by atoms with Crippen molar-refractivity contribution in [3.8, 4) is 11.1 Å². The normalized spacial score (nSPS) is 14.6. The van der Waals surface area contributed by atoms with E-state index in [1.54, 1.807) is 0 Å². The molecule has 0 atom stereocenters. The Morgan fingerprint density at radius 2 is 0.919 bits per heavy atom. The number of hydrogen-bond donors (Lipinski definition) is 0. The van der Waals surface area contributed by atoms with Gasteiger partial charge in [-0.2, -0.15) is 0 Å². The molecule has 1 aliphatic carbocycles. The molecular formula is C70H76BN3. The Labute approximate surface area is 444 Å². The zero-order chi connectivity index (χ0) is 52.8. The smallest absolute Gasteiger partial charge is 0.252 e. The molecule has 8 aromatic rings. The highest BCUT2D eigenvalue weighted by atomic mass is 15.2. The second kappa shape index (κ2) is 16.9. The second-order valence-electron chi connectivity index (χ2n) is 26.6. The van der Waals surface area contributed by atoms with Crippen LogP contribution in [0.25, 0.3) is 11.1 Å². The SMILES string of the molecule is Cc1cc2c3c(c1)N(c1ccc4c(c1)C(C)(C)c1ccccc1-4)c1cc(N(c4ccc(C(C)(C)C)cc4)c4c(C)cc(C(C)(C)C)cc4C)ccc1B3c1cc(C(C)(C)C)ccc1N2c1ccc(C(C)(C)C)cc1. The summed E-state index contributed by atoms with van der Waals surface area (Å²) in [6, 6.07) is 59.5. The lowest BCUT2D eigenvalue weighted by Gasteiger charge is -2.45. The molecule has 3 aliphatic rings. The molecule has 0 amide bonds. The van der Waals surface area contributed by atoms with Crippen molar-refractivity contribution in [3.63, 3.8) is 0 Å². The minimum Gasteiger partial charge on any atom is -0.311 e. The summed E-state index contributed by atoms with van der Waals surface area (Å²) in [5, 5.41) is 0. The van der Waals surface area contributed by atoms with Crippen LogP contribution in [0, 0.1) is 20.8 Å². The van der Waals surface area contributed by atoms with Gasteiger partial charge in [-0.05, 0) is 187 Å². The van der Waals surface area contributed by atoms with E-state index in [4.69, 9.17) is 0 Å². The van der Waals surface area contributed by atoms with E-state index in [1.165, 1.54) is 117 Å². The molecule has 74 heavy (non-hydrogen) atoms. The van der Waals surface area contributed by atoms with Gasteiger partial charge in [-0.3, -0.25) is 0 Å². The molecule has 0 saturated carbocycles. The van der Waals surface area contributed by atoms with Crippen LogP contribution in [0.1, 0.15) is 147 Å². The van der Waals surface area contributed by atoms with Gasteiger partial charge < -0.3 is 14.7 Å². The molecule has 0 fully saturated rings. The maximum Gasteiger partial charge on any atom is 0.252 e. The van der Waals surface area contributed by atoms with Gasteiger partial charge in [0.05, 0.1) is 5.69 Å². The number of nitrogens with zero attached hydrogens (tertiary/aromatic N) is 3. The van der Waals surface area contributed by atoms with Gasteiger partial charge in [0.15, 0.2) is 0 Å². The first-order chi connectivity index (χ1) is 34.7. The standard InChI is InChI=1S/C70H76BN3/c1-43-36-62-64-63(37-43)74(52-31-33-55-54-20-18-19-21-56(54)70(16,17)57(55)41-52)61-42-53(72(50-27-22-46(23-28-50)66(4,5)6)65-44(2)38-49(39-45(65)3)69(13,14)15)32-34-58(61)71(64)59-40-48(68(10,11)12)26-35-60(59)73(62)51-29-24-47(25-30-51)67(7,8)9/h18-42H,1-17H3. The van der Waals surface area contributed by atoms with Crippen LogP contribution in [-0.4, -0.2) is 6.71 Å². The van der Waals surface area contributed by atoms with E-state index in [0.29, 0.717) is 0 Å². The van der Waals surface area contributed by atoms with E-state index in [1.807, 2.05) is 0 Å². The van der Waals surface area contributed by atoms with Crippen molar-refractivity contribution >= 4 is 74.3 Å². The van der Waals surface area contributed by atoms with Gasteiger partial charge >= 0.3 is 0 Å². The Balaban J connectivity index is 1.21. The third-order valence-corrected chi connectivity index (χ3v) is 16.7. The van der Waals surface area contributed by atoms with E-state index < -0.39 is 0 Å². The molecule has 0 aromatic heterocycles. The van der Waals surface area contributed by atoms with Crippen LogP contribution in [0.5, 0.6) is 0 Å². The van der Waals surface area contributed by atoms with Crippen LogP contribution in [0.2, 0.25) is 0 Å². The van der Waals surface area contributed by atoms with Gasteiger partial charge in [0.2, 0.25) is 0 Å². The Hall–Kier alpha value is -6.78. The predicted molar refractivity (Wildman–Crippen MR) is 322 cm³/mol. The molecule has 11 rings (SSSR count). The Morgan fingerprint density at radius 3 is 1.51 bits per heavy atom. The van der Waals surface area contributed by atoms with Gasteiger partial charge in [0, 0.05) is 50.9 Å². The highest BCUT2D eigenvalue weighted by Gasteiger charge is 2.45. The van der Waals surface area contributed by atoms with Gasteiger partial charge in [-0.25, -0.2) is 0 Å². The fourth-order valence-corrected chi connectivity index (χ4v) is 12.5. The Bertz CT molecular complexity index is 3520. The van der Waals surface area contributed by atoms with E-state index in [2.05, 4.69) is 284 Å². The van der Waals surface area contributed by atoms with E-state index >= 15 is 0 Å². The van der Waals surface area contributed by atoms with Crippen LogP contribution >= 0.6 is 0 Å². The van der Waals surface area contributed by atoms with Crippen molar-refractivity contribution in [1.29, 1.82) is 0 Å². The lowest BCUT2D eigenvalue weighted by Crippen LogP contribution is -2.61. The summed E-state index contributed by atoms with van der Waals surface area (Å²) in [5.74, 6) is 0. The lowest BCUT2D eigenvalue weighted by molar-refractivity contribution is 0.589. The van der Waals surface area contributed by atoms with Crippen LogP contribution in [0.15, 0.2) is 152 Å². The summed E-state index contributed by atoms with van der Waals surface area (Å²) < 4.78 is 0. The third-order valence-electron chi connectivity index (χ3n) is 16.7. The fraction of sp³-hybridized carbons (Fsp3) is 0.314. The molecule has 2 heterocycles. The zero-order valence-corrected chi connectivity index (χ0v) is 47.4. The van der Waals surface area contributed by atoms with Crippen molar-refractivity contribution in [1.82, 2.24) is 0 Å². The number of aryl methyl sites for hydroxylation is 3. The van der Waals surface area contributed by atoms with Gasteiger partial charge in [0.25, 0.3) is 6.71 Å². The third kappa shape index (κ3) is 8.01. The molecule has 374 valence electrons. The summed E-state index contributed by atoms with van der Waals surface area (Å²) in [4.78, 5) is 7.73. The number of benzene rings is 8. The molecule has 0 unspecified atom stereocenters. The first-order valence-electron chi connectivity index (χ1n) is 27.1. The summed E-state index contributed by atoms with van der Waals surface area (Å²) in [6.45, 7) is 39.5. The first kappa shape index (κ1) is 49.4. The van der Waals surface area contributed by atoms with Gasteiger partial charge in [0.1, 0.15) is 0 Å². The average molecular weight is 970 g/mol. The highest BCUT2D eigenvalue weighted by Crippen LogP contribution is 2.53. The molecule has 0 saturated heterocycles. The average Bonchev–Trinajstić information content (AvgIpc) is 3.60. The zero-order valence-electron chi connectivity index (χ0n) is 47.4. The fourth-order valence-electron chi connectivity index (χ4n) is 12.5. The molecular weight excluding hydrogens is 894 g/mol. The Kier molecular flexibility index (Phi) is 11.3. The topological polar surface area (TPSA) is 9.72 Å². The van der Waals surface area contributed by atoms with Crippen molar-refractivity contribution in [2.45, 2.75) is 145 Å². The van der Waals surface area contributed by atoms with Crippen LogP contribution in [0.3, 0.4) is 0 Å². The molecule has 4 heteroatoms. The Morgan fingerprint density at radius 1 is 0.405 bits per heavy atom. The monoisotopic (exact) mass is 970 g/mol. The van der Waals surface area contributed by atoms with Crippen LogP contribution < -0.4 is 31.1 Å². The molecule has 0 spiro atoms.